The average molecular weight is 249 g/mol. The van der Waals surface area contributed by atoms with Crippen LogP contribution in [0, 0.1) is 17.8 Å². The molecule has 1 fully saturated rings. The molecule has 0 heterocycles. The summed E-state index contributed by atoms with van der Waals surface area (Å²) in [6.07, 6.45) is 9.54. The molecule has 2 aliphatic carbocycles. The van der Waals surface area contributed by atoms with Gasteiger partial charge in [-0.3, -0.25) is 0 Å². The fraction of sp³-hybridized carbons (Fsp3) is 0.733. The molecule has 6 unspecified atom stereocenters. The van der Waals surface area contributed by atoms with Gasteiger partial charge >= 0.3 is 0 Å². The van der Waals surface area contributed by atoms with Crippen LogP contribution < -0.4 is 16.0 Å². The molecule has 102 valence electrons. The lowest BCUT2D eigenvalue weighted by Crippen LogP contribution is -2.58. The van der Waals surface area contributed by atoms with Crippen molar-refractivity contribution in [1.29, 1.82) is 0 Å². The molecule has 3 N–H and O–H groups in total. The summed E-state index contributed by atoms with van der Waals surface area (Å²) < 4.78 is 0. The molecule has 0 spiro atoms. The molecule has 0 radical (unpaired) electrons. The Morgan fingerprint density at radius 2 is 1.89 bits per heavy atom. The minimum atomic E-state index is 0.301. The number of hydrogen-bond donors (Lipinski definition) is 3. The summed E-state index contributed by atoms with van der Waals surface area (Å²) in [4.78, 5) is 0. The molecule has 0 aromatic carbocycles. The van der Waals surface area contributed by atoms with E-state index in [-0.39, 0.29) is 0 Å². The van der Waals surface area contributed by atoms with Gasteiger partial charge in [0.1, 0.15) is 0 Å². The summed E-state index contributed by atoms with van der Waals surface area (Å²) in [5, 5.41) is 10.4. The lowest BCUT2D eigenvalue weighted by Gasteiger charge is -2.38. The van der Waals surface area contributed by atoms with Crippen molar-refractivity contribution < 1.29 is 0 Å². The van der Waals surface area contributed by atoms with E-state index in [2.05, 4.69) is 41.7 Å². The number of hydrogen-bond acceptors (Lipinski definition) is 3. The van der Waals surface area contributed by atoms with Crippen molar-refractivity contribution in [2.24, 2.45) is 17.8 Å². The van der Waals surface area contributed by atoms with Crippen LogP contribution in [-0.2, 0) is 0 Å². The molecular formula is C15H27N3. The Hall–Kier alpha value is -0.640. The Morgan fingerprint density at radius 1 is 1.11 bits per heavy atom. The number of nitrogens with one attached hydrogen (secondary N) is 3. The quantitative estimate of drug-likeness (QED) is 0.592. The molecule has 2 rings (SSSR count). The molecule has 6 atom stereocenters. The van der Waals surface area contributed by atoms with Crippen LogP contribution in [0.2, 0.25) is 0 Å². The van der Waals surface area contributed by atoms with Gasteiger partial charge in [-0.25, -0.2) is 0 Å². The molecule has 0 saturated heterocycles. The zero-order chi connectivity index (χ0) is 13.1. The van der Waals surface area contributed by atoms with Gasteiger partial charge in [0.05, 0.1) is 0 Å². The maximum absolute atomic E-state index is 3.95. The highest BCUT2D eigenvalue weighted by Gasteiger charge is 2.42. The number of likely N-dealkylation sites (N-methyl/N-ethyl adjacent to an activating group) is 3. The second-order valence-electron chi connectivity index (χ2n) is 5.62. The van der Waals surface area contributed by atoms with Crippen LogP contribution in [0.5, 0.6) is 0 Å². The van der Waals surface area contributed by atoms with Crippen LogP contribution in [0.15, 0.2) is 24.8 Å². The molecule has 0 aromatic rings. The van der Waals surface area contributed by atoms with Gasteiger partial charge in [0, 0.05) is 18.1 Å². The monoisotopic (exact) mass is 249 g/mol. The zero-order valence-electron chi connectivity index (χ0n) is 11.8. The molecule has 2 bridgehead atoms. The van der Waals surface area contributed by atoms with Crippen molar-refractivity contribution in [3.63, 3.8) is 0 Å². The fourth-order valence-electron chi connectivity index (χ4n) is 3.92. The highest BCUT2D eigenvalue weighted by atomic mass is 15.1. The van der Waals surface area contributed by atoms with Gasteiger partial charge in [0.2, 0.25) is 0 Å². The molecule has 18 heavy (non-hydrogen) atoms. The number of rotatable bonds is 7. The minimum absolute atomic E-state index is 0.301. The molecule has 2 aliphatic rings. The molecule has 0 aromatic heterocycles. The second-order valence-corrected chi connectivity index (χ2v) is 5.62. The third-order valence-electron chi connectivity index (χ3n) is 4.82. The van der Waals surface area contributed by atoms with Crippen LogP contribution in [0.4, 0.5) is 0 Å². The lowest BCUT2D eigenvalue weighted by molar-refractivity contribution is 0.243. The van der Waals surface area contributed by atoms with Crippen molar-refractivity contribution in [1.82, 2.24) is 16.0 Å². The second kappa shape index (κ2) is 6.00. The van der Waals surface area contributed by atoms with Crippen molar-refractivity contribution in [3.05, 3.63) is 24.8 Å². The van der Waals surface area contributed by atoms with Crippen molar-refractivity contribution in [2.45, 2.75) is 31.0 Å². The molecule has 0 aliphatic heterocycles. The van der Waals surface area contributed by atoms with Crippen molar-refractivity contribution in [3.8, 4) is 0 Å². The van der Waals surface area contributed by atoms with Crippen LogP contribution >= 0.6 is 0 Å². The zero-order valence-corrected chi connectivity index (χ0v) is 11.8. The Bertz CT molecular complexity index is 313. The van der Waals surface area contributed by atoms with E-state index >= 15 is 0 Å². The lowest BCUT2D eigenvalue weighted by atomic mass is 9.81. The standard InChI is InChI=1S/C15H27N3/c1-5-13(16-2)15(18-4)14(17-3)12-9-10-6-7-11(12)8-10/h5-7,10-18H,1,8-9H2,2-4H3. The van der Waals surface area contributed by atoms with Crippen LogP contribution in [-0.4, -0.2) is 39.3 Å². The van der Waals surface area contributed by atoms with E-state index in [9.17, 15) is 0 Å². The topological polar surface area (TPSA) is 36.1 Å². The third-order valence-corrected chi connectivity index (χ3v) is 4.82. The Kier molecular flexibility index (Phi) is 4.60. The van der Waals surface area contributed by atoms with E-state index in [0.29, 0.717) is 18.1 Å². The first-order chi connectivity index (χ1) is 8.74. The van der Waals surface area contributed by atoms with Gasteiger partial charge in [-0.1, -0.05) is 18.2 Å². The first kappa shape index (κ1) is 13.8. The first-order valence-corrected chi connectivity index (χ1v) is 7.07. The van der Waals surface area contributed by atoms with E-state index in [1.807, 2.05) is 20.2 Å². The molecule has 3 heteroatoms. The summed E-state index contributed by atoms with van der Waals surface area (Å²) >= 11 is 0. The third kappa shape index (κ3) is 2.40. The summed E-state index contributed by atoms with van der Waals surface area (Å²) in [6, 6.07) is 1.18. The molecular weight excluding hydrogens is 222 g/mol. The van der Waals surface area contributed by atoms with Gasteiger partial charge in [0.25, 0.3) is 0 Å². The van der Waals surface area contributed by atoms with Gasteiger partial charge in [-0.15, -0.1) is 6.58 Å². The van der Waals surface area contributed by atoms with Gasteiger partial charge in [0.15, 0.2) is 0 Å². The van der Waals surface area contributed by atoms with E-state index in [0.717, 1.165) is 17.8 Å². The predicted molar refractivity (Wildman–Crippen MR) is 77.6 cm³/mol. The number of allylic oxidation sites excluding steroid dienone is 2. The molecule has 1 saturated carbocycles. The Labute approximate surface area is 111 Å². The Morgan fingerprint density at radius 3 is 2.28 bits per heavy atom. The summed E-state index contributed by atoms with van der Waals surface area (Å²) in [5.41, 5.74) is 0. The van der Waals surface area contributed by atoms with Crippen LogP contribution in [0.1, 0.15) is 12.8 Å². The van der Waals surface area contributed by atoms with E-state index < -0.39 is 0 Å². The van der Waals surface area contributed by atoms with Gasteiger partial charge in [-0.05, 0) is 51.7 Å². The SMILES string of the molecule is C=CC(NC)C(NC)C(NC)C1CC2C=CC1C2. The Balaban J connectivity index is 2.11. The largest absolute Gasteiger partial charge is 0.315 e. The smallest absolute Gasteiger partial charge is 0.0415 e. The number of fused-ring (bicyclic) bond motifs is 2. The summed E-state index contributed by atoms with van der Waals surface area (Å²) in [7, 11) is 6.14. The van der Waals surface area contributed by atoms with E-state index in [4.69, 9.17) is 0 Å². The van der Waals surface area contributed by atoms with Crippen molar-refractivity contribution >= 4 is 0 Å². The highest BCUT2D eigenvalue weighted by molar-refractivity contribution is 5.14. The first-order valence-electron chi connectivity index (χ1n) is 7.07. The normalized spacial score (nSPS) is 34.5. The van der Waals surface area contributed by atoms with Crippen molar-refractivity contribution in [2.75, 3.05) is 21.1 Å². The molecule has 0 amide bonds. The minimum Gasteiger partial charge on any atom is -0.315 e. The van der Waals surface area contributed by atoms with E-state index in [1.54, 1.807) is 0 Å². The maximum atomic E-state index is 3.95. The predicted octanol–water partition coefficient (Wildman–Crippen LogP) is 1.15. The fourth-order valence-corrected chi connectivity index (χ4v) is 3.92. The van der Waals surface area contributed by atoms with Gasteiger partial charge in [-0.2, -0.15) is 0 Å². The maximum Gasteiger partial charge on any atom is 0.0415 e. The van der Waals surface area contributed by atoms with Crippen LogP contribution in [0.25, 0.3) is 0 Å². The van der Waals surface area contributed by atoms with E-state index in [1.165, 1.54) is 12.8 Å². The highest BCUT2D eigenvalue weighted by Crippen LogP contribution is 2.45. The summed E-state index contributed by atoms with van der Waals surface area (Å²) in [6.45, 7) is 3.95. The van der Waals surface area contributed by atoms with Gasteiger partial charge < -0.3 is 16.0 Å². The molecule has 3 nitrogen and oxygen atoms in total. The average Bonchev–Trinajstić information content (AvgIpc) is 3.01. The van der Waals surface area contributed by atoms with Crippen LogP contribution in [0.3, 0.4) is 0 Å². The summed E-state index contributed by atoms with van der Waals surface area (Å²) in [5.74, 6) is 2.34.